The molecule has 2 aromatic rings. The van der Waals surface area contributed by atoms with E-state index in [0.29, 0.717) is 0 Å². The molecule has 29 heavy (non-hydrogen) atoms. The Kier molecular flexibility index (Phi) is 8.12. The Balaban J connectivity index is 1.96. The molecule has 0 spiro atoms. The summed E-state index contributed by atoms with van der Waals surface area (Å²) in [6.45, 7) is -0.246. The molecule has 12 heteroatoms. The van der Waals surface area contributed by atoms with Crippen LogP contribution in [0.5, 0.6) is 0 Å². The lowest BCUT2D eigenvalue weighted by Gasteiger charge is -2.11. The number of esters is 1. The van der Waals surface area contributed by atoms with Gasteiger partial charge >= 0.3 is 12.0 Å². The number of carbonyl (C=O) groups excluding carboxylic acids is 3. The highest BCUT2D eigenvalue weighted by Gasteiger charge is 2.20. The first kappa shape index (κ1) is 22.3. The van der Waals surface area contributed by atoms with E-state index in [1.54, 1.807) is 17.5 Å². The number of amides is 3. The van der Waals surface area contributed by atoms with Crippen molar-refractivity contribution in [2.24, 2.45) is 0 Å². The molecule has 0 atom stereocenters. The highest BCUT2D eigenvalue weighted by atomic mass is 32.2. The fourth-order valence-electron chi connectivity index (χ4n) is 2.04. The fourth-order valence-corrected chi connectivity index (χ4v) is 4.12. The number of imide groups is 1. The van der Waals surface area contributed by atoms with Crippen molar-refractivity contribution in [3.63, 3.8) is 0 Å². The number of rotatable bonds is 9. The number of urea groups is 1. The van der Waals surface area contributed by atoms with Crippen molar-refractivity contribution in [2.45, 2.75) is 4.21 Å². The Morgan fingerprint density at radius 3 is 2.55 bits per heavy atom. The zero-order chi connectivity index (χ0) is 21.3. The van der Waals surface area contributed by atoms with E-state index in [1.165, 1.54) is 31.4 Å². The Morgan fingerprint density at radius 2 is 1.86 bits per heavy atom. The number of ether oxygens (including phenoxy) is 2. The van der Waals surface area contributed by atoms with Crippen molar-refractivity contribution in [2.75, 3.05) is 31.6 Å². The van der Waals surface area contributed by atoms with Gasteiger partial charge in [-0.2, -0.15) is 0 Å². The van der Waals surface area contributed by atoms with Crippen LogP contribution in [0.1, 0.15) is 10.4 Å². The number of methoxy groups -OCH3 is 1. The largest absolute Gasteiger partial charge is 0.452 e. The minimum atomic E-state index is -3.87. The maximum atomic E-state index is 12.4. The van der Waals surface area contributed by atoms with Gasteiger partial charge in [-0.05, 0) is 23.6 Å². The highest BCUT2D eigenvalue weighted by Crippen LogP contribution is 2.23. The molecule has 0 aliphatic heterocycles. The lowest BCUT2D eigenvalue weighted by atomic mass is 10.2. The van der Waals surface area contributed by atoms with E-state index in [2.05, 4.69) is 10.0 Å². The van der Waals surface area contributed by atoms with Crippen molar-refractivity contribution in [1.29, 1.82) is 0 Å². The lowest BCUT2D eigenvalue weighted by Crippen LogP contribution is -2.42. The summed E-state index contributed by atoms with van der Waals surface area (Å²) in [4.78, 5) is 35.4. The molecule has 0 unspecified atom stereocenters. The Bertz CT molecular complexity index is 959. The van der Waals surface area contributed by atoms with Gasteiger partial charge in [-0.3, -0.25) is 14.8 Å². The number of sulfonamides is 1. The third-order valence-corrected chi connectivity index (χ3v) is 6.09. The van der Waals surface area contributed by atoms with Gasteiger partial charge in [0, 0.05) is 13.7 Å². The molecule has 156 valence electrons. The summed E-state index contributed by atoms with van der Waals surface area (Å²) in [6, 6.07) is 8.06. The highest BCUT2D eigenvalue weighted by molar-refractivity contribution is 7.94. The molecule has 1 aromatic heterocycles. The summed E-state index contributed by atoms with van der Waals surface area (Å²) in [7, 11) is -2.41. The number of para-hydroxylation sites is 1. The first-order valence-electron chi connectivity index (χ1n) is 8.22. The Labute approximate surface area is 171 Å². The first-order valence-corrected chi connectivity index (χ1v) is 10.6. The van der Waals surface area contributed by atoms with Gasteiger partial charge in [-0.25, -0.2) is 18.0 Å². The van der Waals surface area contributed by atoms with Gasteiger partial charge in [-0.1, -0.05) is 18.2 Å². The van der Waals surface area contributed by atoms with Crippen LogP contribution >= 0.6 is 11.3 Å². The number of carbonyl (C=O) groups is 3. The van der Waals surface area contributed by atoms with E-state index in [9.17, 15) is 22.8 Å². The standard InChI is InChI=1S/C17H19N3O7S2/c1-26-9-8-18-17(23)19-14(21)11-27-16(22)12-5-2-3-6-13(12)20-29(24,25)15-7-4-10-28-15/h2-7,10,20H,8-9,11H2,1H3,(H2,18,19,21,23). The molecule has 0 aliphatic carbocycles. The van der Waals surface area contributed by atoms with Crippen molar-refractivity contribution in [1.82, 2.24) is 10.6 Å². The molecule has 0 fully saturated rings. The number of anilines is 1. The maximum Gasteiger partial charge on any atom is 0.340 e. The molecule has 2 rings (SSSR count). The zero-order valence-electron chi connectivity index (χ0n) is 15.3. The van der Waals surface area contributed by atoms with Crippen molar-refractivity contribution in [3.05, 3.63) is 47.3 Å². The minimum Gasteiger partial charge on any atom is -0.452 e. The van der Waals surface area contributed by atoms with Gasteiger partial charge in [0.25, 0.3) is 15.9 Å². The van der Waals surface area contributed by atoms with Crippen LogP contribution in [0.2, 0.25) is 0 Å². The van der Waals surface area contributed by atoms with Gasteiger partial charge in [0.1, 0.15) is 4.21 Å². The predicted octanol–water partition coefficient (Wildman–Crippen LogP) is 1.18. The third kappa shape index (κ3) is 6.85. The summed E-state index contributed by atoms with van der Waals surface area (Å²) >= 11 is 1.02. The molecule has 3 N–H and O–H groups in total. The smallest absolute Gasteiger partial charge is 0.340 e. The van der Waals surface area contributed by atoms with Crippen LogP contribution in [0.4, 0.5) is 10.5 Å². The molecule has 0 saturated heterocycles. The summed E-state index contributed by atoms with van der Waals surface area (Å²) in [6.07, 6.45) is 0. The van der Waals surface area contributed by atoms with E-state index in [-0.39, 0.29) is 28.6 Å². The summed E-state index contributed by atoms with van der Waals surface area (Å²) in [5.41, 5.74) is -0.0754. The molecule has 0 saturated carbocycles. The number of benzene rings is 1. The normalized spacial score (nSPS) is 10.8. The fraction of sp³-hybridized carbons (Fsp3) is 0.235. The summed E-state index contributed by atoms with van der Waals surface area (Å²) in [5.74, 6) is -1.77. The second-order valence-corrected chi connectivity index (χ2v) is 8.31. The van der Waals surface area contributed by atoms with E-state index in [0.717, 1.165) is 11.3 Å². The van der Waals surface area contributed by atoms with Crippen LogP contribution in [0.25, 0.3) is 0 Å². The molecule has 1 heterocycles. The molecule has 0 aliphatic rings. The third-order valence-electron chi connectivity index (χ3n) is 3.33. The first-order chi connectivity index (χ1) is 13.8. The SMILES string of the molecule is COCCNC(=O)NC(=O)COC(=O)c1ccccc1NS(=O)(=O)c1cccs1. The summed E-state index contributed by atoms with van der Waals surface area (Å²) in [5, 5.41) is 5.96. The molecule has 0 bridgehead atoms. The minimum absolute atomic E-state index is 0.00335. The quantitative estimate of drug-likeness (QED) is 0.392. The number of thiophene rings is 1. The van der Waals surface area contributed by atoms with Crippen molar-refractivity contribution >= 4 is 45.0 Å². The van der Waals surface area contributed by atoms with Crippen LogP contribution in [0, 0.1) is 0 Å². The molecule has 3 amide bonds. The van der Waals surface area contributed by atoms with Gasteiger partial charge in [0.2, 0.25) is 0 Å². The molecule has 0 radical (unpaired) electrons. The second kappa shape index (κ2) is 10.5. The van der Waals surface area contributed by atoms with Crippen LogP contribution in [-0.4, -0.2) is 53.2 Å². The Hall–Kier alpha value is -2.96. The van der Waals surface area contributed by atoms with Crippen LogP contribution in [0.15, 0.2) is 46.0 Å². The van der Waals surface area contributed by atoms with E-state index >= 15 is 0 Å². The second-order valence-electron chi connectivity index (χ2n) is 5.46. The van der Waals surface area contributed by atoms with Gasteiger partial charge in [-0.15, -0.1) is 11.3 Å². The molecular weight excluding hydrogens is 422 g/mol. The monoisotopic (exact) mass is 441 g/mol. The summed E-state index contributed by atoms with van der Waals surface area (Å²) < 4.78 is 36.8. The average molecular weight is 441 g/mol. The van der Waals surface area contributed by atoms with Crippen LogP contribution in [0.3, 0.4) is 0 Å². The number of hydrogen-bond donors (Lipinski definition) is 3. The topological polar surface area (TPSA) is 140 Å². The van der Waals surface area contributed by atoms with E-state index in [4.69, 9.17) is 9.47 Å². The van der Waals surface area contributed by atoms with Crippen LogP contribution in [-0.2, 0) is 24.3 Å². The number of hydrogen-bond acceptors (Lipinski definition) is 8. The van der Waals surface area contributed by atoms with Crippen molar-refractivity contribution in [3.8, 4) is 0 Å². The van der Waals surface area contributed by atoms with Gasteiger partial charge < -0.3 is 14.8 Å². The van der Waals surface area contributed by atoms with E-state index in [1.807, 2.05) is 5.32 Å². The average Bonchev–Trinajstić information content (AvgIpc) is 3.22. The van der Waals surface area contributed by atoms with Crippen molar-refractivity contribution < 1.29 is 32.3 Å². The van der Waals surface area contributed by atoms with Gasteiger partial charge in [0.15, 0.2) is 6.61 Å². The number of nitrogens with one attached hydrogen (secondary N) is 3. The van der Waals surface area contributed by atoms with E-state index < -0.39 is 34.5 Å². The molecule has 1 aromatic carbocycles. The lowest BCUT2D eigenvalue weighted by molar-refractivity contribution is -0.123. The van der Waals surface area contributed by atoms with Gasteiger partial charge in [0.05, 0.1) is 17.9 Å². The maximum absolute atomic E-state index is 12.4. The zero-order valence-corrected chi connectivity index (χ0v) is 17.0. The molecular formula is C17H19N3O7S2. The van der Waals surface area contributed by atoms with Crippen LogP contribution < -0.4 is 15.4 Å². The molecule has 10 nitrogen and oxygen atoms in total. The predicted molar refractivity (Wildman–Crippen MR) is 105 cm³/mol. The Morgan fingerprint density at radius 1 is 1.10 bits per heavy atom.